The van der Waals surface area contributed by atoms with E-state index in [1.165, 1.54) is 17.3 Å². The largest absolute Gasteiger partial charge is 0.497 e. The van der Waals surface area contributed by atoms with Crippen LogP contribution in [-0.2, 0) is 4.79 Å². The number of hydrogen-bond donors (Lipinski definition) is 1. The molecule has 1 amide bonds. The van der Waals surface area contributed by atoms with Gasteiger partial charge < -0.3 is 10.1 Å². The maximum atomic E-state index is 12.0. The minimum absolute atomic E-state index is 0.00570. The van der Waals surface area contributed by atoms with Crippen molar-refractivity contribution in [2.75, 3.05) is 18.2 Å². The number of methoxy groups -OCH3 is 1. The van der Waals surface area contributed by atoms with Crippen LogP contribution in [0.15, 0.2) is 47.4 Å². The predicted octanol–water partition coefficient (Wildman–Crippen LogP) is 4.04. The van der Waals surface area contributed by atoms with Gasteiger partial charge in [0.1, 0.15) is 5.75 Å². The molecule has 0 heterocycles. The van der Waals surface area contributed by atoms with Crippen molar-refractivity contribution in [3.05, 3.63) is 53.6 Å². The molecule has 2 aromatic rings. The van der Waals surface area contributed by atoms with Crippen LogP contribution in [0.5, 0.6) is 5.75 Å². The minimum Gasteiger partial charge on any atom is -0.497 e. The molecule has 110 valence electrons. The van der Waals surface area contributed by atoms with E-state index < -0.39 is 0 Å². The highest BCUT2D eigenvalue weighted by Gasteiger charge is 2.06. The van der Waals surface area contributed by atoms with Gasteiger partial charge in [-0.1, -0.05) is 17.7 Å². The summed E-state index contributed by atoms with van der Waals surface area (Å²) in [5.74, 6) is 1.18. The van der Waals surface area contributed by atoms with Crippen molar-refractivity contribution in [2.24, 2.45) is 0 Å². The molecule has 0 fully saturated rings. The number of ether oxygens (including phenoxy) is 1. The van der Waals surface area contributed by atoms with Crippen LogP contribution >= 0.6 is 11.8 Å². The van der Waals surface area contributed by atoms with Crippen molar-refractivity contribution >= 4 is 23.4 Å². The first-order valence-electron chi connectivity index (χ1n) is 6.72. The van der Waals surface area contributed by atoms with Gasteiger partial charge >= 0.3 is 0 Å². The molecular formula is C17H19NO2S. The maximum absolute atomic E-state index is 12.0. The highest BCUT2D eigenvalue weighted by molar-refractivity contribution is 8.00. The summed E-state index contributed by atoms with van der Waals surface area (Å²) in [6.45, 7) is 4.00. The third-order valence-electron chi connectivity index (χ3n) is 3.10. The van der Waals surface area contributed by atoms with Gasteiger partial charge in [-0.3, -0.25) is 4.79 Å². The molecule has 0 aliphatic carbocycles. The SMILES string of the molecule is COc1ccc(NC(=O)CSc2ccc(C)cc2)c(C)c1. The topological polar surface area (TPSA) is 38.3 Å². The van der Waals surface area contributed by atoms with Crippen molar-refractivity contribution in [3.8, 4) is 5.75 Å². The van der Waals surface area contributed by atoms with Crippen molar-refractivity contribution in [1.82, 2.24) is 0 Å². The zero-order chi connectivity index (χ0) is 15.2. The van der Waals surface area contributed by atoms with E-state index in [1.807, 2.05) is 56.3 Å². The van der Waals surface area contributed by atoms with E-state index in [0.29, 0.717) is 5.75 Å². The summed E-state index contributed by atoms with van der Waals surface area (Å²) in [6, 6.07) is 13.8. The number of thioether (sulfide) groups is 1. The number of benzene rings is 2. The first-order valence-corrected chi connectivity index (χ1v) is 7.71. The third-order valence-corrected chi connectivity index (χ3v) is 4.11. The molecule has 2 aromatic carbocycles. The lowest BCUT2D eigenvalue weighted by Crippen LogP contribution is -2.14. The van der Waals surface area contributed by atoms with E-state index in [2.05, 4.69) is 5.32 Å². The Kier molecular flexibility index (Phi) is 5.28. The summed E-state index contributed by atoms with van der Waals surface area (Å²) in [4.78, 5) is 13.1. The van der Waals surface area contributed by atoms with Crippen LogP contribution in [0.1, 0.15) is 11.1 Å². The zero-order valence-corrected chi connectivity index (χ0v) is 13.3. The molecule has 2 rings (SSSR count). The number of anilines is 1. The Morgan fingerprint density at radius 3 is 2.48 bits per heavy atom. The van der Waals surface area contributed by atoms with E-state index in [-0.39, 0.29) is 5.91 Å². The highest BCUT2D eigenvalue weighted by atomic mass is 32.2. The lowest BCUT2D eigenvalue weighted by atomic mass is 10.2. The molecule has 1 N–H and O–H groups in total. The van der Waals surface area contributed by atoms with Crippen molar-refractivity contribution < 1.29 is 9.53 Å². The molecule has 21 heavy (non-hydrogen) atoms. The molecule has 0 aliphatic heterocycles. The molecule has 0 unspecified atom stereocenters. The normalized spacial score (nSPS) is 10.2. The summed E-state index contributed by atoms with van der Waals surface area (Å²) < 4.78 is 5.15. The monoisotopic (exact) mass is 301 g/mol. The minimum atomic E-state index is -0.00570. The quantitative estimate of drug-likeness (QED) is 0.847. The zero-order valence-electron chi connectivity index (χ0n) is 12.5. The molecule has 0 aromatic heterocycles. The van der Waals surface area contributed by atoms with E-state index in [9.17, 15) is 4.79 Å². The Labute approximate surface area is 129 Å². The first kappa shape index (κ1) is 15.4. The first-order chi connectivity index (χ1) is 10.1. The van der Waals surface area contributed by atoms with Gasteiger partial charge in [-0.2, -0.15) is 0 Å². The molecule has 0 aliphatic rings. The fraction of sp³-hybridized carbons (Fsp3) is 0.235. The van der Waals surface area contributed by atoms with Crippen LogP contribution in [0.4, 0.5) is 5.69 Å². The number of amides is 1. The van der Waals surface area contributed by atoms with Gasteiger partial charge in [-0.15, -0.1) is 11.8 Å². The molecule has 0 spiro atoms. The maximum Gasteiger partial charge on any atom is 0.234 e. The van der Waals surface area contributed by atoms with Gasteiger partial charge in [0.15, 0.2) is 0 Å². The second-order valence-corrected chi connectivity index (χ2v) is 5.88. The Morgan fingerprint density at radius 2 is 1.86 bits per heavy atom. The van der Waals surface area contributed by atoms with E-state index in [4.69, 9.17) is 4.74 Å². The molecule has 0 bridgehead atoms. The average molecular weight is 301 g/mol. The van der Waals surface area contributed by atoms with Gasteiger partial charge in [0.25, 0.3) is 0 Å². The van der Waals surface area contributed by atoms with Gasteiger partial charge in [-0.05, 0) is 49.7 Å². The average Bonchev–Trinajstić information content (AvgIpc) is 2.48. The molecule has 0 atom stereocenters. The Morgan fingerprint density at radius 1 is 1.14 bits per heavy atom. The molecule has 0 radical (unpaired) electrons. The Hall–Kier alpha value is -1.94. The summed E-state index contributed by atoms with van der Waals surface area (Å²) in [5.41, 5.74) is 3.03. The van der Waals surface area contributed by atoms with Crippen LogP contribution in [0.3, 0.4) is 0 Å². The fourth-order valence-electron chi connectivity index (χ4n) is 1.87. The van der Waals surface area contributed by atoms with Gasteiger partial charge in [0, 0.05) is 10.6 Å². The van der Waals surface area contributed by atoms with Crippen LogP contribution < -0.4 is 10.1 Å². The van der Waals surface area contributed by atoms with Crippen molar-refractivity contribution in [1.29, 1.82) is 0 Å². The Bertz CT molecular complexity index is 623. The molecule has 3 nitrogen and oxygen atoms in total. The van der Waals surface area contributed by atoms with Crippen LogP contribution in [0, 0.1) is 13.8 Å². The van der Waals surface area contributed by atoms with Gasteiger partial charge in [0.05, 0.1) is 12.9 Å². The van der Waals surface area contributed by atoms with Crippen molar-refractivity contribution in [2.45, 2.75) is 18.7 Å². The number of carbonyl (C=O) groups is 1. The predicted molar refractivity (Wildman–Crippen MR) is 88.3 cm³/mol. The lowest BCUT2D eigenvalue weighted by Gasteiger charge is -2.10. The Balaban J connectivity index is 1.91. The summed E-state index contributed by atoms with van der Waals surface area (Å²) in [6.07, 6.45) is 0. The standard InChI is InChI=1S/C17H19NO2S/c1-12-4-7-15(8-5-12)21-11-17(19)18-16-9-6-14(20-3)10-13(16)2/h4-10H,11H2,1-3H3,(H,18,19). The smallest absolute Gasteiger partial charge is 0.234 e. The number of aryl methyl sites for hydroxylation is 2. The van der Waals surface area contributed by atoms with Crippen LogP contribution in [0.2, 0.25) is 0 Å². The van der Waals surface area contributed by atoms with E-state index in [1.54, 1.807) is 7.11 Å². The van der Waals surface area contributed by atoms with Gasteiger partial charge in [0.2, 0.25) is 5.91 Å². The van der Waals surface area contributed by atoms with E-state index >= 15 is 0 Å². The lowest BCUT2D eigenvalue weighted by molar-refractivity contribution is -0.113. The summed E-state index contributed by atoms with van der Waals surface area (Å²) >= 11 is 1.53. The van der Waals surface area contributed by atoms with Crippen LogP contribution in [0.25, 0.3) is 0 Å². The highest BCUT2D eigenvalue weighted by Crippen LogP contribution is 2.22. The van der Waals surface area contributed by atoms with Crippen molar-refractivity contribution in [3.63, 3.8) is 0 Å². The van der Waals surface area contributed by atoms with Crippen LogP contribution in [-0.4, -0.2) is 18.8 Å². The molecular weight excluding hydrogens is 282 g/mol. The van der Waals surface area contributed by atoms with Gasteiger partial charge in [-0.25, -0.2) is 0 Å². The second kappa shape index (κ2) is 7.18. The third kappa shape index (κ3) is 4.53. The molecule has 0 saturated heterocycles. The summed E-state index contributed by atoms with van der Waals surface area (Å²) in [5, 5.41) is 2.93. The van der Waals surface area contributed by atoms with E-state index in [0.717, 1.165) is 21.9 Å². The second-order valence-electron chi connectivity index (χ2n) is 4.83. The molecule has 0 saturated carbocycles. The number of rotatable bonds is 5. The molecule has 4 heteroatoms. The number of hydrogen-bond acceptors (Lipinski definition) is 3. The fourth-order valence-corrected chi connectivity index (χ4v) is 2.57. The number of carbonyl (C=O) groups excluding carboxylic acids is 1. The summed E-state index contributed by atoms with van der Waals surface area (Å²) in [7, 11) is 1.63. The number of nitrogens with one attached hydrogen (secondary N) is 1.